The molecule has 0 saturated heterocycles. The molecule has 66 valence electrons. The minimum atomic E-state index is 0.472. The maximum atomic E-state index is 10.3. The number of benzene rings is 1. The van der Waals surface area contributed by atoms with Crippen molar-refractivity contribution in [2.45, 2.75) is 6.42 Å². The van der Waals surface area contributed by atoms with Crippen molar-refractivity contribution in [1.82, 2.24) is 4.98 Å². The van der Waals surface area contributed by atoms with Gasteiger partial charge in [-0.2, -0.15) is 0 Å². The average Bonchev–Trinajstić information content (AvgIpc) is 2.53. The van der Waals surface area contributed by atoms with E-state index >= 15 is 0 Å². The number of hydrogen-bond acceptors (Lipinski definition) is 1. The van der Waals surface area contributed by atoms with E-state index < -0.39 is 0 Å². The SMILES string of the molecule is O=CCc1cc(Br)c2[nH]ccc2c1. The quantitative estimate of drug-likeness (QED) is 0.801. The van der Waals surface area contributed by atoms with Crippen molar-refractivity contribution in [2.24, 2.45) is 0 Å². The molecule has 0 aliphatic heterocycles. The second-order valence-corrected chi connectivity index (χ2v) is 3.74. The molecule has 0 amide bonds. The minimum absolute atomic E-state index is 0.472. The number of hydrogen-bond donors (Lipinski definition) is 1. The van der Waals surface area contributed by atoms with Gasteiger partial charge in [-0.15, -0.1) is 0 Å². The third kappa shape index (κ3) is 1.52. The summed E-state index contributed by atoms with van der Waals surface area (Å²) >= 11 is 3.45. The average molecular weight is 238 g/mol. The Morgan fingerprint density at radius 3 is 3.08 bits per heavy atom. The Morgan fingerprint density at radius 2 is 2.31 bits per heavy atom. The molecule has 0 bridgehead atoms. The molecule has 1 heterocycles. The molecular formula is C10H8BrNO. The second-order valence-electron chi connectivity index (χ2n) is 2.89. The number of nitrogens with one attached hydrogen (secondary N) is 1. The first kappa shape index (κ1) is 8.51. The molecule has 2 nitrogen and oxygen atoms in total. The van der Waals surface area contributed by atoms with Crippen molar-refractivity contribution < 1.29 is 4.79 Å². The maximum absolute atomic E-state index is 10.3. The van der Waals surface area contributed by atoms with Gasteiger partial charge in [-0.25, -0.2) is 0 Å². The van der Waals surface area contributed by atoms with E-state index in [-0.39, 0.29) is 0 Å². The highest BCUT2D eigenvalue weighted by atomic mass is 79.9. The lowest BCUT2D eigenvalue weighted by Gasteiger charge is -1.98. The molecule has 0 atom stereocenters. The first-order valence-corrected chi connectivity index (χ1v) is 4.79. The van der Waals surface area contributed by atoms with Crippen LogP contribution in [0.3, 0.4) is 0 Å². The Bertz CT molecular complexity index is 447. The highest BCUT2D eigenvalue weighted by molar-refractivity contribution is 9.10. The van der Waals surface area contributed by atoms with E-state index in [1.165, 1.54) is 0 Å². The van der Waals surface area contributed by atoms with Crippen LogP contribution in [0.2, 0.25) is 0 Å². The fraction of sp³-hybridized carbons (Fsp3) is 0.100. The summed E-state index contributed by atoms with van der Waals surface area (Å²) < 4.78 is 1.01. The van der Waals surface area contributed by atoms with Crippen molar-refractivity contribution in [3.63, 3.8) is 0 Å². The summed E-state index contributed by atoms with van der Waals surface area (Å²) in [5, 5.41) is 1.13. The van der Waals surface area contributed by atoms with E-state index in [0.717, 1.165) is 27.2 Å². The van der Waals surface area contributed by atoms with Crippen molar-refractivity contribution >= 4 is 33.1 Å². The van der Waals surface area contributed by atoms with Crippen LogP contribution in [0.5, 0.6) is 0 Å². The number of aldehydes is 1. The fourth-order valence-corrected chi connectivity index (χ4v) is 2.04. The molecule has 3 heteroatoms. The molecule has 0 aliphatic carbocycles. The van der Waals surface area contributed by atoms with Gasteiger partial charge in [-0.05, 0) is 39.7 Å². The van der Waals surface area contributed by atoms with E-state index in [2.05, 4.69) is 20.9 Å². The predicted octanol–water partition coefficient (Wildman–Crippen LogP) is 2.67. The van der Waals surface area contributed by atoms with Crippen molar-refractivity contribution in [3.05, 3.63) is 34.4 Å². The summed E-state index contributed by atoms with van der Waals surface area (Å²) in [6, 6.07) is 5.98. The number of carbonyl (C=O) groups is 1. The second kappa shape index (κ2) is 3.34. The van der Waals surface area contributed by atoms with Crippen molar-refractivity contribution in [1.29, 1.82) is 0 Å². The van der Waals surface area contributed by atoms with Crippen LogP contribution in [0, 0.1) is 0 Å². The Labute approximate surface area is 84.1 Å². The van der Waals surface area contributed by atoms with Gasteiger partial charge in [0.25, 0.3) is 0 Å². The number of rotatable bonds is 2. The van der Waals surface area contributed by atoms with Gasteiger partial charge in [-0.3, -0.25) is 0 Å². The van der Waals surface area contributed by atoms with Crippen LogP contribution in [-0.2, 0) is 11.2 Å². The van der Waals surface area contributed by atoms with Crippen molar-refractivity contribution in [2.75, 3.05) is 0 Å². The van der Waals surface area contributed by atoms with Gasteiger partial charge in [0.15, 0.2) is 0 Å². The minimum Gasteiger partial charge on any atom is -0.360 e. The molecule has 1 aromatic heterocycles. The topological polar surface area (TPSA) is 32.9 Å². The monoisotopic (exact) mass is 237 g/mol. The zero-order valence-corrected chi connectivity index (χ0v) is 8.47. The largest absolute Gasteiger partial charge is 0.360 e. The van der Waals surface area contributed by atoms with Gasteiger partial charge in [0.1, 0.15) is 6.29 Å². The van der Waals surface area contributed by atoms with Crippen LogP contribution in [0.25, 0.3) is 10.9 Å². The third-order valence-electron chi connectivity index (χ3n) is 1.99. The highest BCUT2D eigenvalue weighted by Crippen LogP contribution is 2.24. The zero-order valence-electron chi connectivity index (χ0n) is 6.88. The number of fused-ring (bicyclic) bond motifs is 1. The van der Waals surface area contributed by atoms with Gasteiger partial charge in [0, 0.05) is 22.5 Å². The number of H-pyrrole nitrogens is 1. The number of aromatic amines is 1. The molecule has 2 rings (SSSR count). The molecule has 0 radical (unpaired) electrons. The highest BCUT2D eigenvalue weighted by Gasteiger charge is 2.01. The lowest BCUT2D eigenvalue weighted by Crippen LogP contribution is -1.85. The molecule has 0 spiro atoms. The van der Waals surface area contributed by atoms with Crippen LogP contribution in [0.4, 0.5) is 0 Å². The zero-order chi connectivity index (χ0) is 9.26. The van der Waals surface area contributed by atoms with Crippen LogP contribution < -0.4 is 0 Å². The number of carbonyl (C=O) groups excluding carboxylic acids is 1. The van der Waals surface area contributed by atoms with Crippen LogP contribution in [0.15, 0.2) is 28.9 Å². The normalized spacial score (nSPS) is 10.5. The van der Waals surface area contributed by atoms with Gasteiger partial charge >= 0.3 is 0 Å². The summed E-state index contributed by atoms with van der Waals surface area (Å²) in [5.41, 5.74) is 2.11. The van der Waals surface area contributed by atoms with E-state index in [0.29, 0.717) is 6.42 Å². The maximum Gasteiger partial charge on any atom is 0.124 e. The first-order valence-electron chi connectivity index (χ1n) is 4.00. The molecule has 13 heavy (non-hydrogen) atoms. The first-order chi connectivity index (χ1) is 6.31. The Hall–Kier alpha value is -1.09. The molecule has 2 aromatic rings. The van der Waals surface area contributed by atoms with Gasteiger partial charge in [0.05, 0.1) is 5.52 Å². The van der Waals surface area contributed by atoms with Gasteiger partial charge < -0.3 is 9.78 Å². The van der Waals surface area contributed by atoms with E-state index in [1.807, 2.05) is 24.4 Å². The van der Waals surface area contributed by atoms with Crippen LogP contribution in [0.1, 0.15) is 5.56 Å². The van der Waals surface area contributed by atoms with E-state index in [4.69, 9.17) is 0 Å². The third-order valence-corrected chi connectivity index (χ3v) is 2.62. The van der Waals surface area contributed by atoms with E-state index in [1.54, 1.807) is 0 Å². The summed E-state index contributed by atoms with van der Waals surface area (Å²) in [4.78, 5) is 13.5. The summed E-state index contributed by atoms with van der Waals surface area (Å²) in [6.07, 6.45) is 3.28. The number of halogens is 1. The molecule has 1 aromatic carbocycles. The predicted molar refractivity (Wildman–Crippen MR) is 55.8 cm³/mol. The lowest BCUT2D eigenvalue weighted by atomic mass is 10.1. The molecule has 0 saturated carbocycles. The Kier molecular flexibility index (Phi) is 2.19. The lowest BCUT2D eigenvalue weighted by molar-refractivity contribution is -0.107. The van der Waals surface area contributed by atoms with Crippen molar-refractivity contribution in [3.8, 4) is 0 Å². The summed E-state index contributed by atoms with van der Waals surface area (Å²) in [6.45, 7) is 0. The smallest absolute Gasteiger partial charge is 0.124 e. The molecule has 0 fully saturated rings. The van der Waals surface area contributed by atoms with Gasteiger partial charge in [0.2, 0.25) is 0 Å². The van der Waals surface area contributed by atoms with Crippen LogP contribution in [-0.4, -0.2) is 11.3 Å². The number of aromatic nitrogens is 1. The summed E-state index contributed by atoms with van der Waals surface area (Å²) in [7, 11) is 0. The molecule has 0 unspecified atom stereocenters. The molecule has 1 N–H and O–H groups in total. The fourth-order valence-electron chi connectivity index (χ4n) is 1.40. The Balaban J connectivity index is 2.62. The molecular weight excluding hydrogens is 230 g/mol. The van der Waals surface area contributed by atoms with Crippen LogP contribution >= 0.6 is 15.9 Å². The standard InChI is InChI=1S/C10H8BrNO/c11-9-6-7(2-4-13)5-8-1-3-12-10(8)9/h1,3-6,12H,2H2. The van der Waals surface area contributed by atoms with Gasteiger partial charge in [-0.1, -0.05) is 0 Å². The Morgan fingerprint density at radius 1 is 1.46 bits per heavy atom. The van der Waals surface area contributed by atoms with E-state index in [9.17, 15) is 4.79 Å². The summed E-state index contributed by atoms with van der Waals surface area (Å²) in [5.74, 6) is 0. The molecule has 0 aliphatic rings.